The van der Waals surface area contributed by atoms with Crippen LogP contribution in [0.2, 0.25) is 0 Å². The number of nitrogens with two attached hydrogens (primary N) is 1. The maximum atomic E-state index is 10.5. The summed E-state index contributed by atoms with van der Waals surface area (Å²) in [5.74, 6) is 0.317. The summed E-state index contributed by atoms with van der Waals surface area (Å²) in [7, 11) is 0. The summed E-state index contributed by atoms with van der Waals surface area (Å²) in [5, 5.41) is 10.5. The van der Waals surface area contributed by atoms with Crippen LogP contribution in [0.5, 0.6) is 6.01 Å². The largest absolute Gasteiger partial charge is 0.460 e. The quantitative estimate of drug-likeness (QED) is 0.639. The highest BCUT2D eigenvalue weighted by Gasteiger charge is 2.26. The third-order valence-electron chi connectivity index (χ3n) is 3.22. The molecule has 2 rings (SSSR count). The topological polar surface area (TPSA) is 104 Å². The van der Waals surface area contributed by atoms with Gasteiger partial charge in [0.25, 0.3) is 0 Å². The number of ether oxygens (including phenoxy) is 1. The number of nitro groups is 1. The number of hydrogen-bond donors (Lipinski definition) is 1. The van der Waals surface area contributed by atoms with Gasteiger partial charge in [-0.3, -0.25) is 10.1 Å². The number of hydrogen-bond acceptors (Lipinski definition) is 6. The minimum Gasteiger partial charge on any atom is -0.460 e. The molecule has 1 saturated carbocycles. The van der Waals surface area contributed by atoms with Gasteiger partial charge in [0.05, 0.1) is 4.92 Å². The van der Waals surface area contributed by atoms with Gasteiger partial charge in [-0.1, -0.05) is 6.42 Å². The molecule has 98 valence electrons. The van der Waals surface area contributed by atoms with E-state index in [0.29, 0.717) is 12.5 Å². The average Bonchev–Trinajstić information content (AvgIpc) is 2.40. The van der Waals surface area contributed by atoms with Gasteiger partial charge >= 0.3 is 11.7 Å². The predicted octanol–water partition coefficient (Wildman–Crippen LogP) is 1.28. The van der Waals surface area contributed by atoms with Crippen LogP contribution in [0.1, 0.15) is 25.7 Å². The summed E-state index contributed by atoms with van der Waals surface area (Å²) >= 11 is 0. The van der Waals surface area contributed by atoms with Gasteiger partial charge in [0.1, 0.15) is 18.5 Å². The first kappa shape index (κ1) is 12.7. The Morgan fingerprint density at radius 3 is 2.67 bits per heavy atom. The monoisotopic (exact) mass is 252 g/mol. The second kappa shape index (κ2) is 5.72. The van der Waals surface area contributed by atoms with Gasteiger partial charge < -0.3 is 10.5 Å². The molecule has 1 fully saturated rings. The highest BCUT2D eigenvalue weighted by atomic mass is 16.6. The summed E-state index contributed by atoms with van der Waals surface area (Å²) in [6.45, 7) is 0.581. The van der Waals surface area contributed by atoms with Crippen molar-refractivity contribution in [3.8, 4) is 6.01 Å². The Labute approximate surface area is 105 Å². The van der Waals surface area contributed by atoms with E-state index in [0.717, 1.165) is 31.7 Å². The van der Waals surface area contributed by atoms with Gasteiger partial charge in [-0.25, -0.2) is 0 Å². The van der Waals surface area contributed by atoms with Gasteiger partial charge in [-0.15, -0.1) is 0 Å². The molecule has 7 heteroatoms. The second-order valence-corrected chi connectivity index (χ2v) is 4.42. The lowest BCUT2D eigenvalue weighted by atomic mass is 9.86. The van der Waals surface area contributed by atoms with Crippen molar-refractivity contribution in [3.63, 3.8) is 0 Å². The van der Waals surface area contributed by atoms with Crippen LogP contribution in [0, 0.1) is 16.0 Å². The van der Waals surface area contributed by atoms with Crippen molar-refractivity contribution in [1.29, 1.82) is 0 Å². The Hall–Kier alpha value is -1.76. The van der Waals surface area contributed by atoms with E-state index in [1.165, 1.54) is 6.42 Å². The lowest BCUT2D eigenvalue weighted by molar-refractivity contribution is -0.385. The summed E-state index contributed by atoms with van der Waals surface area (Å²) in [4.78, 5) is 17.6. The fourth-order valence-electron chi connectivity index (χ4n) is 2.20. The molecule has 2 unspecified atom stereocenters. The number of nitrogens with zero attached hydrogens (tertiary/aromatic N) is 3. The van der Waals surface area contributed by atoms with Crippen molar-refractivity contribution < 1.29 is 9.66 Å². The highest BCUT2D eigenvalue weighted by Crippen LogP contribution is 2.26. The lowest BCUT2D eigenvalue weighted by Crippen LogP contribution is -2.35. The summed E-state index contributed by atoms with van der Waals surface area (Å²) in [6.07, 6.45) is 6.59. The minimum absolute atomic E-state index is 0.0187. The molecule has 1 aliphatic rings. The zero-order valence-electron chi connectivity index (χ0n) is 9.99. The second-order valence-electron chi connectivity index (χ2n) is 4.42. The summed E-state index contributed by atoms with van der Waals surface area (Å²) in [6, 6.07) is 0.186. The number of rotatable bonds is 4. The molecule has 0 saturated heterocycles. The van der Waals surface area contributed by atoms with Crippen LogP contribution in [-0.2, 0) is 0 Å². The first-order valence-corrected chi connectivity index (χ1v) is 6.04. The fraction of sp³-hybridized carbons (Fsp3) is 0.636. The minimum atomic E-state index is -0.535. The van der Waals surface area contributed by atoms with E-state index in [1.54, 1.807) is 0 Å². The molecule has 1 aromatic heterocycles. The Balaban J connectivity index is 2.01. The van der Waals surface area contributed by atoms with Gasteiger partial charge in [-0.05, 0) is 25.8 Å². The van der Waals surface area contributed by atoms with E-state index >= 15 is 0 Å². The van der Waals surface area contributed by atoms with Crippen LogP contribution < -0.4 is 10.5 Å². The van der Waals surface area contributed by atoms with Crippen molar-refractivity contribution >= 4 is 5.69 Å². The van der Waals surface area contributed by atoms with E-state index < -0.39 is 4.92 Å². The smallest absolute Gasteiger partial charge is 0.317 e. The maximum absolute atomic E-state index is 10.5. The van der Waals surface area contributed by atoms with Crippen LogP contribution in [0.4, 0.5) is 5.69 Å². The van der Waals surface area contributed by atoms with Crippen molar-refractivity contribution in [2.24, 2.45) is 11.7 Å². The van der Waals surface area contributed by atoms with Crippen molar-refractivity contribution in [2.45, 2.75) is 31.8 Å². The van der Waals surface area contributed by atoms with E-state index in [-0.39, 0.29) is 17.8 Å². The number of aromatic nitrogens is 2. The van der Waals surface area contributed by atoms with Crippen LogP contribution in [0.3, 0.4) is 0 Å². The molecule has 0 spiro atoms. The van der Waals surface area contributed by atoms with Crippen LogP contribution in [0.25, 0.3) is 0 Å². The van der Waals surface area contributed by atoms with E-state index in [9.17, 15) is 10.1 Å². The fourth-order valence-corrected chi connectivity index (χ4v) is 2.20. The van der Waals surface area contributed by atoms with Crippen molar-refractivity contribution in [1.82, 2.24) is 9.97 Å². The molecular formula is C11H16N4O3. The van der Waals surface area contributed by atoms with Crippen molar-refractivity contribution in [2.75, 3.05) is 6.54 Å². The van der Waals surface area contributed by atoms with E-state index in [1.807, 2.05) is 0 Å². The molecule has 18 heavy (non-hydrogen) atoms. The zero-order valence-corrected chi connectivity index (χ0v) is 9.99. The van der Waals surface area contributed by atoms with Crippen LogP contribution >= 0.6 is 0 Å². The third-order valence-corrected chi connectivity index (χ3v) is 3.22. The SMILES string of the molecule is NCC1CCCCC1Oc1ncc([N+](=O)[O-])cn1. The van der Waals surface area contributed by atoms with E-state index in [2.05, 4.69) is 9.97 Å². The Morgan fingerprint density at radius 2 is 2.06 bits per heavy atom. The first-order chi connectivity index (χ1) is 8.70. The van der Waals surface area contributed by atoms with Crippen LogP contribution in [-0.4, -0.2) is 27.5 Å². The van der Waals surface area contributed by atoms with Crippen LogP contribution in [0.15, 0.2) is 12.4 Å². The Bertz CT molecular complexity index is 409. The first-order valence-electron chi connectivity index (χ1n) is 6.04. The highest BCUT2D eigenvalue weighted by molar-refractivity contribution is 5.21. The van der Waals surface area contributed by atoms with Gasteiger partial charge in [0, 0.05) is 5.92 Å². The Kier molecular flexibility index (Phi) is 4.03. The van der Waals surface area contributed by atoms with Crippen molar-refractivity contribution in [3.05, 3.63) is 22.5 Å². The average molecular weight is 252 g/mol. The summed E-state index contributed by atoms with van der Waals surface area (Å²) in [5.41, 5.74) is 5.56. The molecule has 1 heterocycles. The molecule has 7 nitrogen and oxygen atoms in total. The molecule has 2 N–H and O–H groups in total. The Morgan fingerprint density at radius 1 is 1.39 bits per heavy atom. The predicted molar refractivity (Wildman–Crippen MR) is 64.1 cm³/mol. The molecule has 0 bridgehead atoms. The molecule has 0 aromatic carbocycles. The molecule has 1 aliphatic carbocycles. The van der Waals surface area contributed by atoms with Gasteiger partial charge in [0.2, 0.25) is 0 Å². The molecule has 0 radical (unpaired) electrons. The zero-order chi connectivity index (χ0) is 13.0. The van der Waals surface area contributed by atoms with E-state index in [4.69, 9.17) is 10.5 Å². The molecule has 0 amide bonds. The maximum Gasteiger partial charge on any atom is 0.317 e. The lowest BCUT2D eigenvalue weighted by Gasteiger charge is -2.29. The van der Waals surface area contributed by atoms with Gasteiger partial charge in [-0.2, -0.15) is 9.97 Å². The normalized spacial score (nSPS) is 23.6. The van der Waals surface area contributed by atoms with Gasteiger partial charge in [0.15, 0.2) is 0 Å². The molecule has 0 aliphatic heterocycles. The molecule has 2 atom stereocenters. The third kappa shape index (κ3) is 2.92. The summed E-state index contributed by atoms with van der Waals surface area (Å²) < 4.78 is 5.67. The molecular weight excluding hydrogens is 236 g/mol. The standard InChI is InChI=1S/C11H16N4O3/c12-5-8-3-1-2-4-10(8)18-11-13-6-9(7-14-11)15(16)17/h6-8,10H,1-5,12H2. The molecule has 1 aromatic rings.